The molecule has 0 aliphatic heterocycles. The molecular formula is C19H13F3O6. The van der Waals surface area contributed by atoms with Crippen LogP contribution in [0.2, 0.25) is 0 Å². The number of benzene rings is 2. The minimum absolute atomic E-state index is 0.00141. The van der Waals surface area contributed by atoms with E-state index in [1.807, 2.05) is 0 Å². The predicted octanol–water partition coefficient (Wildman–Crippen LogP) is 3.13. The molecule has 0 aliphatic rings. The standard InChI is InChI=1S/C19H13F3O6/c20-19(21,22)18(26)28-16(24)11-7-5-10(6-8-11)9-13-15(23)12-3-1-2-4-14(12)27-17(13)25/h1-8,18,23,26H,9H2/t18-/m0/s1. The summed E-state index contributed by atoms with van der Waals surface area (Å²) in [6.07, 6.45) is -8.34. The lowest BCUT2D eigenvalue weighted by atomic mass is 10.0. The fraction of sp³-hybridized carbons (Fsp3) is 0.158. The number of aliphatic hydroxyl groups is 1. The highest BCUT2D eigenvalue weighted by molar-refractivity contribution is 5.89. The van der Waals surface area contributed by atoms with Gasteiger partial charge in [-0.05, 0) is 29.8 Å². The molecule has 0 bridgehead atoms. The van der Waals surface area contributed by atoms with Crippen LogP contribution in [0.4, 0.5) is 13.2 Å². The van der Waals surface area contributed by atoms with Crippen LogP contribution in [-0.2, 0) is 11.2 Å². The molecule has 6 nitrogen and oxygen atoms in total. The van der Waals surface area contributed by atoms with Gasteiger partial charge in [-0.15, -0.1) is 0 Å². The number of esters is 1. The van der Waals surface area contributed by atoms with Gasteiger partial charge >= 0.3 is 17.8 Å². The van der Waals surface area contributed by atoms with E-state index < -0.39 is 24.1 Å². The molecular weight excluding hydrogens is 381 g/mol. The number of para-hydroxylation sites is 1. The molecule has 0 amide bonds. The number of hydrogen-bond donors (Lipinski definition) is 2. The summed E-state index contributed by atoms with van der Waals surface area (Å²) in [5.41, 5.74) is -0.225. The molecule has 0 aliphatic carbocycles. The maximum atomic E-state index is 12.2. The molecule has 9 heteroatoms. The zero-order valence-electron chi connectivity index (χ0n) is 14.1. The van der Waals surface area contributed by atoms with Gasteiger partial charge in [-0.1, -0.05) is 24.3 Å². The Bertz CT molecular complexity index is 1070. The van der Waals surface area contributed by atoms with Gasteiger partial charge in [-0.25, -0.2) is 9.59 Å². The van der Waals surface area contributed by atoms with Crippen molar-refractivity contribution in [2.75, 3.05) is 0 Å². The van der Waals surface area contributed by atoms with Crippen molar-refractivity contribution in [3.05, 3.63) is 75.6 Å². The van der Waals surface area contributed by atoms with Crippen molar-refractivity contribution in [2.45, 2.75) is 18.9 Å². The summed E-state index contributed by atoms with van der Waals surface area (Å²) >= 11 is 0. The third kappa shape index (κ3) is 3.99. The molecule has 0 spiro atoms. The van der Waals surface area contributed by atoms with E-state index in [1.54, 1.807) is 18.2 Å². The quantitative estimate of drug-likeness (QED) is 0.401. The maximum Gasteiger partial charge on any atom is 0.452 e. The van der Waals surface area contributed by atoms with Gasteiger partial charge in [0.1, 0.15) is 11.3 Å². The van der Waals surface area contributed by atoms with Gasteiger partial charge in [0.2, 0.25) is 0 Å². The highest BCUT2D eigenvalue weighted by atomic mass is 19.4. The zero-order valence-corrected chi connectivity index (χ0v) is 14.1. The van der Waals surface area contributed by atoms with Crippen molar-refractivity contribution in [2.24, 2.45) is 0 Å². The Kier molecular flexibility index (Phi) is 5.10. The van der Waals surface area contributed by atoms with Crippen LogP contribution >= 0.6 is 0 Å². The summed E-state index contributed by atoms with van der Waals surface area (Å²) in [4.78, 5) is 23.8. The molecule has 0 saturated heterocycles. The molecule has 28 heavy (non-hydrogen) atoms. The number of ether oxygens (including phenoxy) is 1. The normalized spacial score (nSPS) is 12.7. The Labute approximate surface area is 155 Å². The molecule has 146 valence electrons. The van der Waals surface area contributed by atoms with Crippen LogP contribution in [0, 0.1) is 0 Å². The van der Waals surface area contributed by atoms with Crippen LogP contribution < -0.4 is 5.63 Å². The number of carbonyl (C=O) groups is 1. The molecule has 3 aromatic rings. The molecule has 0 radical (unpaired) electrons. The van der Waals surface area contributed by atoms with E-state index in [2.05, 4.69) is 4.74 Å². The summed E-state index contributed by atoms with van der Waals surface area (Å²) in [5, 5.41) is 19.5. The Morgan fingerprint density at radius 3 is 2.39 bits per heavy atom. The number of rotatable bonds is 4. The van der Waals surface area contributed by atoms with E-state index in [0.29, 0.717) is 10.9 Å². The third-order valence-corrected chi connectivity index (χ3v) is 3.95. The molecule has 2 aromatic carbocycles. The van der Waals surface area contributed by atoms with Gasteiger partial charge in [0, 0.05) is 6.42 Å². The molecule has 2 N–H and O–H groups in total. The van der Waals surface area contributed by atoms with Crippen molar-refractivity contribution < 1.29 is 37.3 Å². The largest absolute Gasteiger partial charge is 0.507 e. The SMILES string of the molecule is O=C(O[C@H](O)C(F)(F)F)c1ccc(Cc2c(O)c3ccccc3oc2=O)cc1. The van der Waals surface area contributed by atoms with Crippen molar-refractivity contribution in [1.29, 1.82) is 0 Å². The first kappa shape index (κ1) is 19.4. The van der Waals surface area contributed by atoms with Gasteiger partial charge in [0.05, 0.1) is 16.5 Å². The van der Waals surface area contributed by atoms with E-state index >= 15 is 0 Å². The minimum atomic E-state index is -5.09. The monoisotopic (exact) mass is 394 g/mol. The molecule has 0 unspecified atom stereocenters. The lowest BCUT2D eigenvalue weighted by molar-refractivity contribution is -0.274. The summed E-state index contributed by atoms with van der Waals surface area (Å²) < 4.78 is 45.8. The van der Waals surface area contributed by atoms with Crippen LogP contribution in [0.15, 0.2) is 57.7 Å². The summed E-state index contributed by atoms with van der Waals surface area (Å²) in [7, 11) is 0. The number of carbonyl (C=O) groups excluding carboxylic acids is 1. The van der Waals surface area contributed by atoms with Gasteiger partial charge in [-0.3, -0.25) is 0 Å². The molecule has 1 atom stereocenters. The van der Waals surface area contributed by atoms with Gasteiger partial charge in [0.15, 0.2) is 0 Å². The zero-order chi connectivity index (χ0) is 20.5. The molecule has 1 heterocycles. The van der Waals surface area contributed by atoms with E-state index in [9.17, 15) is 27.9 Å². The Hall–Kier alpha value is -3.33. The third-order valence-electron chi connectivity index (χ3n) is 3.95. The fourth-order valence-electron chi connectivity index (χ4n) is 2.53. The second-order valence-electron chi connectivity index (χ2n) is 5.89. The van der Waals surface area contributed by atoms with Crippen molar-refractivity contribution in [3.63, 3.8) is 0 Å². The lowest BCUT2D eigenvalue weighted by Crippen LogP contribution is -2.33. The molecule has 3 rings (SSSR count). The first-order valence-corrected chi connectivity index (χ1v) is 7.95. The first-order valence-electron chi connectivity index (χ1n) is 7.95. The Balaban J connectivity index is 1.81. The molecule has 0 saturated carbocycles. The van der Waals surface area contributed by atoms with Gasteiger partial charge in [-0.2, -0.15) is 13.2 Å². The Morgan fingerprint density at radius 1 is 1.11 bits per heavy atom. The van der Waals surface area contributed by atoms with Crippen LogP contribution in [0.3, 0.4) is 0 Å². The Morgan fingerprint density at radius 2 is 1.75 bits per heavy atom. The summed E-state index contributed by atoms with van der Waals surface area (Å²) in [5.74, 6) is -1.59. The van der Waals surface area contributed by atoms with Crippen molar-refractivity contribution >= 4 is 16.9 Å². The number of halogens is 3. The van der Waals surface area contributed by atoms with Gasteiger partial charge < -0.3 is 19.4 Å². The second kappa shape index (κ2) is 7.35. The van der Waals surface area contributed by atoms with Crippen LogP contribution in [0.5, 0.6) is 5.75 Å². The first-order chi connectivity index (χ1) is 13.2. The fourth-order valence-corrected chi connectivity index (χ4v) is 2.53. The van der Waals surface area contributed by atoms with Gasteiger partial charge in [0.25, 0.3) is 6.29 Å². The van der Waals surface area contributed by atoms with Crippen molar-refractivity contribution in [1.82, 2.24) is 0 Å². The van der Waals surface area contributed by atoms with Crippen molar-refractivity contribution in [3.8, 4) is 5.75 Å². The summed E-state index contributed by atoms with van der Waals surface area (Å²) in [6, 6.07) is 11.6. The van der Waals surface area contributed by atoms with Crippen LogP contribution in [-0.4, -0.2) is 28.6 Å². The number of hydrogen-bond acceptors (Lipinski definition) is 6. The topological polar surface area (TPSA) is 97.0 Å². The van der Waals surface area contributed by atoms with Crippen LogP contribution in [0.1, 0.15) is 21.5 Å². The second-order valence-corrected chi connectivity index (χ2v) is 5.89. The average molecular weight is 394 g/mol. The minimum Gasteiger partial charge on any atom is -0.507 e. The number of fused-ring (bicyclic) bond motifs is 1. The molecule has 0 fully saturated rings. The predicted molar refractivity (Wildman–Crippen MR) is 90.9 cm³/mol. The number of aromatic hydroxyl groups is 1. The van der Waals surface area contributed by atoms with Crippen LogP contribution in [0.25, 0.3) is 11.0 Å². The smallest absolute Gasteiger partial charge is 0.452 e. The maximum absolute atomic E-state index is 12.2. The lowest BCUT2D eigenvalue weighted by Gasteiger charge is -2.14. The average Bonchev–Trinajstić information content (AvgIpc) is 2.64. The van der Waals surface area contributed by atoms with E-state index in [0.717, 1.165) is 0 Å². The van der Waals surface area contributed by atoms with E-state index in [1.165, 1.54) is 30.3 Å². The number of alkyl halides is 3. The van der Waals surface area contributed by atoms with E-state index in [4.69, 9.17) is 9.52 Å². The number of aliphatic hydroxyl groups excluding tert-OH is 1. The molecule has 1 aromatic heterocycles. The highest BCUT2D eigenvalue weighted by Gasteiger charge is 2.41. The summed E-state index contributed by atoms with van der Waals surface area (Å²) in [6.45, 7) is 0. The highest BCUT2D eigenvalue weighted by Crippen LogP contribution is 2.27. The van der Waals surface area contributed by atoms with E-state index in [-0.39, 0.29) is 28.9 Å².